The standard InChI is InChI=1S/C72H54N6/c1-72(2,3)63-31-20-32-64-71(63)74-70(50-37-41-56(42-38-50)76(52-23-10-5-11-24-52)58-44-46-68-62(48-58)60-30-17-19-34-66(60)78(68)54-27-14-7-15-28-54)69(73-64)49-35-39-55(40-36-49)75(51-21-8-4-9-22-51)57-43-45-67-61(47-57)59-29-16-18-33-65(59)77(67)53-25-12-6-13-26-53/h4-48H,1-3H3. The maximum Gasteiger partial charge on any atom is 0.0973 e. The maximum atomic E-state index is 5.61. The number of benzene rings is 11. The van der Waals surface area contributed by atoms with Crippen LogP contribution in [-0.2, 0) is 5.41 Å². The molecule has 6 heteroatoms. The van der Waals surface area contributed by atoms with Crippen molar-refractivity contribution >= 4 is 88.8 Å². The first-order chi connectivity index (χ1) is 38.3. The van der Waals surface area contributed by atoms with E-state index in [0.717, 1.165) is 95.6 Å². The highest BCUT2D eigenvalue weighted by Gasteiger charge is 2.24. The van der Waals surface area contributed by atoms with Crippen LogP contribution in [0, 0.1) is 0 Å². The van der Waals surface area contributed by atoms with Crippen molar-refractivity contribution in [3.05, 3.63) is 279 Å². The van der Waals surface area contributed by atoms with E-state index in [-0.39, 0.29) is 5.41 Å². The molecule has 78 heavy (non-hydrogen) atoms. The minimum atomic E-state index is -0.149. The Morgan fingerprint density at radius 2 is 0.679 bits per heavy atom. The largest absolute Gasteiger partial charge is 0.310 e. The SMILES string of the molecule is CC(C)(C)c1cccc2nc(-c3ccc(N(c4ccccc4)c4ccc5c(c4)c4ccccc4n5-c4ccccc4)cc3)c(-c3ccc(N(c4ccccc4)c4ccc5c(c4)c4ccccc4n5-c4ccccc4)cc3)nc12. The van der Waals surface area contributed by atoms with Crippen molar-refractivity contribution in [2.75, 3.05) is 9.80 Å². The van der Waals surface area contributed by atoms with Gasteiger partial charge in [0.05, 0.1) is 44.5 Å². The zero-order chi connectivity index (χ0) is 52.3. The lowest BCUT2D eigenvalue weighted by atomic mass is 9.86. The van der Waals surface area contributed by atoms with E-state index in [1.54, 1.807) is 0 Å². The number of aromatic nitrogens is 4. The van der Waals surface area contributed by atoms with Gasteiger partial charge in [-0.25, -0.2) is 9.97 Å². The molecule has 0 aliphatic heterocycles. The number of para-hydroxylation sites is 7. The van der Waals surface area contributed by atoms with Crippen molar-refractivity contribution in [1.29, 1.82) is 0 Å². The molecule has 0 radical (unpaired) electrons. The summed E-state index contributed by atoms with van der Waals surface area (Å²) < 4.78 is 4.73. The van der Waals surface area contributed by atoms with Gasteiger partial charge in [0.15, 0.2) is 0 Å². The molecule has 3 heterocycles. The van der Waals surface area contributed by atoms with Crippen LogP contribution in [0.4, 0.5) is 34.1 Å². The lowest BCUT2D eigenvalue weighted by molar-refractivity contribution is 0.594. The fourth-order valence-corrected chi connectivity index (χ4v) is 11.6. The second-order valence-electron chi connectivity index (χ2n) is 21.1. The molecule has 0 fully saturated rings. The van der Waals surface area contributed by atoms with Crippen molar-refractivity contribution in [1.82, 2.24) is 19.1 Å². The predicted octanol–water partition coefficient (Wildman–Crippen LogP) is 19.4. The number of nitrogens with zero attached hydrogens (tertiary/aromatic N) is 6. The van der Waals surface area contributed by atoms with Crippen LogP contribution in [0.15, 0.2) is 273 Å². The Kier molecular flexibility index (Phi) is 11.3. The number of hydrogen-bond donors (Lipinski definition) is 0. The summed E-state index contributed by atoms with van der Waals surface area (Å²) >= 11 is 0. The summed E-state index contributed by atoms with van der Waals surface area (Å²) in [7, 11) is 0. The van der Waals surface area contributed by atoms with Gasteiger partial charge < -0.3 is 18.9 Å². The Labute approximate surface area is 454 Å². The normalized spacial score (nSPS) is 11.8. The fraction of sp³-hybridized carbons (Fsp3) is 0.0556. The fourth-order valence-electron chi connectivity index (χ4n) is 11.6. The van der Waals surface area contributed by atoms with Crippen LogP contribution in [0.5, 0.6) is 0 Å². The highest BCUT2D eigenvalue weighted by Crippen LogP contribution is 2.44. The molecule has 0 saturated carbocycles. The van der Waals surface area contributed by atoms with E-state index in [2.05, 4.69) is 313 Å². The smallest absolute Gasteiger partial charge is 0.0973 e. The minimum Gasteiger partial charge on any atom is -0.310 e. The lowest BCUT2D eigenvalue weighted by Crippen LogP contribution is -2.13. The van der Waals surface area contributed by atoms with E-state index in [4.69, 9.17) is 9.97 Å². The van der Waals surface area contributed by atoms with Crippen LogP contribution in [0.25, 0.3) is 88.5 Å². The molecular formula is C72H54N6. The van der Waals surface area contributed by atoms with E-state index in [1.807, 2.05) is 0 Å². The molecule has 0 spiro atoms. The molecular weight excluding hydrogens is 949 g/mol. The first-order valence-electron chi connectivity index (χ1n) is 26.7. The average molecular weight is 1000 g/mol. The van der Waals surface area contributed by atoms with E-state index >= 15 is 0 Å². The van der Waals surface area contributed by atoms with Gasteiger partial charge in [-0.05, 0) is 138 Å². The Hall–Kier alpha value is -10.0. The molecule has 0 bridgehead atoms. The summed E-state index contributed by atoms with van der Waals surface area (Å²) in [6, 6.07) is 97.7. The molecule has 0 N–H and O–H groups in total. The quantitative estimate of drug-likeness (QED) is 0.137. The van der Waals surface area contributed by atoms with Gasteiger partial charge in [0.25, 0.3) is 0 Å². The van der Waals surface area contributed by atoms with Gasteiger partial charge in [-0.2, -0.15) is 0 Å². The van der Waals surface area contributed by atoms with Gasteiger partial charge in [0, 0.05) is 78.2 Å². The van der Waals surface area contributed by atoms with Gasteiger partial charge in [-0.3, -0.25) is 0 Å². The second kappa shape index (κ2) is 19.0. The summed E-state index contributed by atoms with van der Waals surface area (Å²) in [4.78, 5) is 15.8. The van der Waals surface area contributed by atoms with Crippen LogP contribution < -0.4 is 9.80 Å². The Morgan fingerprint density at radius 3 is 1.13 bits per heavy atom. The average Bonchev–Trinajstić information content (AvgIpc) is 4.16. The molecule has 6 nitrogen and oxygen atoms in total. The maximum absolute atomic E-state index is 5.61. The van der Waals surface area contributed by atoms with Gasteiger partial charge in [0.2, 0.25) is 0 Å². The molecule has 0 saturated heterocycles. The van der Waals surface area contributed by atoms with E-state index in [9.17, 15) is 0 Å². The first-order valence-corrected chi connectivity index (χ1v) is 26.7. The molecule has 0 atom stereocenters. The van der Waals surface area contributed by atoms with Crippen molar-refractivity contribution < 1.29 is 0 Å². The summed E-state index contributed by atoms with van der Waals surface area (Å²) in [5.41, 5.74) is 19.7. The Bertz CT molecular complexity index is 4500. The second-order valence-corrected chi connectivity index (χ2v) is 21.1. The van der Waals surface area contributed by atoms with Gasteiger partial charge in [-0.1, -0.05) is 166 Å². The zero-order valence-electron chi connectivity index (χ0n) is 43.7. The van der Waals surface area contributed by atoms with Crippen molar-refractivity contribution in [2.45, 2.75) is 26.2 Å². The molecule has 0 amide bonds. The molecule has 0 aliphatic rings. The van der Waals surface area contributed by atoms with E-state index in [0.29, 0.717) is 0 Å². The summed E-state index contributed by atoms with van der Waals surface area (Å²) in [5, 5.41) is 4.82. The summed E-state index contributed by atoms with van der Waals surface area (Å²) in [5.74, 6) is 0. The third-order valence-corrected chi connectivity index (χ3v) is 15.2. The summed E-state index contributed by atoms with van der Waals surface area (Å²) in [6.07, 6.45) is 0. The predicted molar refractivity (Wildman–Crippen MR) is 327 cm³/mol. The number of hydrogen-bond acceptors (Lipinski definition) is 4. The van der Waals surface area contributed by atoms with E-state index in [1.165, 1.54) is 32.6 Å². The molecule has 0 aliphatic carbocycles. The molecule has 14 rings (SSSR count). The molecule has 372 valence electrons. The van der Waals surface area contributed by atoms with Crippen LogP contribution >= 0.6 is 0 Å². The lowest BCUT2D eigenvalue weighted by Gasteiger charge is -2.26. The summed E-state index contributed by atoms with van der Waals surface area (Å²) in [6.45, 7) is 6.74. The minimum absolute atomic E-state index is 0.149. The highest BCUT2D eigenvalue weighted by molar-refractivity contribution is 6.12. The van der Waals surface area contributed by atoms with Crippen molar-refractivity contribution in [3.63, 3.8) is 0 Å². The molecule has 3 aromatic heterocycles. The Balaban J connectivity index is 0.881. The topological polar surface area (TPSA) is 42.1 Å². The Morgan fingerprint density at radius 1 is 0.308 bits per heavy atom. The molecule has 11 aromatic carbocycles. The van der Waals surface area contributed by atoms with Gasteiger partial charge >= 0.3 is 0 Å². The van der Waals surface area contributed by atoms with Crippen molar-refractivity contribution in [2.24, 2.45) is 0 Å². The number of fused-ring (bicyclic) bond motifs is 7. The molecule has 14 aromatic rings. The zero-order valence-corrected chi connectivity index (χ0v) is 43.7. The van der Waals surface area contributed by atoms with Gasteiger partial charge in [-0.15, -0.1) is 0 Å². The highest BCUT2D eigenvalue weighted by atomic mass is 15.1. The van der Waals surface area contributed by atoms with Gasteiger partial charge in [0.1, 0.15) is 0 Å². The van der Waals surface area contributed by atoms with Crippen molar-refractivity contribution in [3.8, 4) is 33.9 Å². The van der Waals surface area contributed by atoms with Crippen LogP contribution in [0.2, 0.25) is 0 Å². The van der Waals surface area contributed by atoms with E-state index < -0.39 is 0 Å². The van der Waals surface area contributed by atoms with Crippen LogP contribution in [-0.4, -0.2) is 19.1 Å². The third-order valence-electron chi connectivity index (χ3n) is 15.2. The molecule has 0 unspecified atom stereocenters. The number of rotatable bonds is 10. The first kappa shape index (κ1) is 46.5. The third kappa shape index (κ3) is 8.05. The van der Waals surface area contributed by atoms with Crippen LogP contribution in [0.3, 0.4) is 0 Å². The van der Waals surface area contributed by atoms with Crippen LogP contribution in [0.1, 0.15) is 26.3 Å². The number of anilines is 6. The monoisotopic (exact) mass is 1000 g/mol.